The van der Waals surface area contributed by atoms with Crippen LogP contribution in [0, 0.1) is 0 Å². The van der Waals surface area contributed by atoms with E-state index in [0.717, 1.165) is 16.1 Å². The van der Waals surface area contributed by atoms with Crippen molar-refractivity contribution in [3.05, 3.63) is 29.0 Å². The number of nitrogens with zero attached hydrogens (tertiary/aromatic N) is 2. The van der Waals surface area contributed by atoms with Gasteiger partial charge in [-0.3, -0.25) is 4.79 Å². The highest BCUT2D eigenvalue weighted by Crippen LogP contribution is 2.39. The first-order valence-electron chi connectivity index (χ1n) is 7.43. The van der Waals surface area contributed by atoms with Crippen LogP contribution in [-0.4, -0.2) is 27.2 Å². The van der Waals surface area contributed by atoms with Crippen LogP contribution >= 0.6 is 34.9 Å². The third-order valence-corrected chi connectivity index (χ3v) is 5.13. The molecule has 5 nitrogen and oxygen atoms in total. The second kappa shape index (κ2) is 8.18. The Labute approximate surface area is 155 Å². The van der Waals surface area contributed by atoms with Crippen molar-refractivity contribution in [3.63, 3.8) is 0 Å². The molecule has 0 saturated carbocycles. The molecule has 0 aliphatic heterocycles. The Morgan fingerprint density at radius 2 is 2.21 bits per heavy atom. The smallest absolute Gasteiger partial charge is 0.293 e. The zero-order valence-electron chi connectivity index (χ0n) is 14.0. The Kier molecular flexibility index (Phi) is 6.48. The normalized spacial score (nSPS) is 12.7. The molecule has 2 rings (SSSR count). The number of halogens is 1. The molecule has 8 heteroatoms. The second-order valence-corrected chi connectivity index (χ2v) is 9.25. The summed E-state index contributed by atoms with van der Waals surface area (Å²) in [6.45, 7) is 9.33. The number of anilines is 2. The molecule has 1 unspecified atom stereocenters. The Bertz CT molecular complexity index is 701. The van der Waals surface area contributed by atoms with Crippen LogP contribution in [0.15, 0.2) is 23.1 Å². The maximum Gasteiger partial charge on any atom is 0.293 e. The molecular weight excluding hydrogens is 366 g/mol. The minimum Gasteiger partial charge on any atom is -0.467 e. The first-order valence-corrected chi connectivity index (χ1v) is 9.39. The van der Waals surface area contributed by atoms with E-state index in [1.807, 2.05) is 6.92 Å². The van der Waals surface area contributed by atoms with E-state index in [-0.39, 0.29) is 15.9 Å². The summed E-state index contributed by atoms with van der Waals surface area (Å²) in [6, 6.07) is 6.20. The molecule has 0 bridgehead atoms. The Hall–Kier alpha value is -1.31. The number of carbonyl (C=O) groups excluding carboxylic acids is 1. The topological polar surface area (TPSA) is 64.1 Å². The van der Waals surface area contributed by atoms with E-state index >= 15 is 0 Å². The van der Waals surface area contributed by atoms with Gasteiger partial charge in [0.25, 0.3) is 6.47 Å². The number of benzene rings is 1. The highest BCUT2D eigenvalue weighted by Gasteiger charge is 2.17. The minimum absolute atomic E-state index is 0.0724. The van der Waals surface area contributed by atoms with Gasteiger partial charge in [-0.2, -0.15) is 9.36 Å². The van der Waals surface area contributed by atoms with E-state index < -0.39 is 0 Å². The molecule has 0 saturated heterocycles. The van der Waals surface area contributed by atoms with Crippen LogP contribution in [0.25, 0.3) is 0 Å². The predicted molar refractivity (Wildman–Crippen MR) is 101 cm³/mol. The molecule has 1 aromatic carbocycles. The van der Waals surface area contributed by atoms with Gasteiger partial charge in [0.1, 0.15) is 0 Å². The molecule has 1 aromatic heterocycles. The van der Waals surface area contributed by atoms with Crippen LogP contribution < -0.4 is 5.32 Å². The van der Waals surface area contributed by atoms with Crippen molar-refractivity contribution >= 4 is 52.2 Å². The number of ether oxygens (including phenoxy) is 1. The zero-order valence-corrected chi connectivity index (χ0v) is 16.4. The van der Waals surface area contributed by atoms with Gasteiger partial charge in [0.15, 0.2) is 0 Å². The van der Waals surface area contributed by atoms with Gasteiger partial charge in [0.2, 0.25) is 10.4 Å². The van der Waals surface area contributed by atoms with Crippen molar-refractivity contribution in [2.24, 2.45) is 0 Å². The summed E-state index contributed by atoms with van der Waals surface area (Å²) >= 11 is 8.79. The summed E-state index contributed by atoms with van der Waals surface area (Å²) in [6.07, 6.45) is 0. The lowest BCUT2D eigenvalue weighted by Crippen LogP contribution is -2.08. The number of nitrogens with one attached hydrogen (secondary N) is 1. The first-order chi connectivity index (χ1) is 11.3. The van der Waals surface area contributed by atoms with E-state index in [1.165, 1.54) is 11.5 Å². The standard InChI is InChI=1S/C16H20ClN3O2S2/c1-10(8-22-9-21)11-5-6-13(23-16(2,3)4)12(7-11)18-15-19-14(17)20-24-15/h5-7,9-10H,8H2,1-4H3,(H,18,19,20). The fraction of sp³-hybridized carbons (Fsp3) is 0.438. The third kappa shape index (κ3) is 5.65. The molecule has 0 aliphatic rings. The molecule has 1 N–H and O–H groups in total. The quantitative estimate of drug-likeness (QED) is 0.528. The molecule has 2 aromatic rings. The molecule has 1 heterocycles. The van der Waals surface area contributed by atoms with Crippen molar-refractivity contribution in [2.75, 3.05) is 11.9 Å². The average molecular weight is 386 g/mol. The summed E-state index contributed by atoms with van der Waals surface area (Å²) in [5, 5.41) is 4.17. The Morgan fingerprint density at radius 3 is 2.79 bits per heavy atom. The molecule has 0 aliphatic carbocycles. The van der Waals surface area contributed by atoms with E-state index in [1.54, 1.807) is 11.8 Å². The van der Waals surface area contributed by atoms with Crippen LogP contribution in [-0.2, 0) is 9.53 Å². The SMILES string of the molecule is CC(COC=O)c1ccc(SC(C)(C)C)c(Nc2nc(Cl)ns2)c1. The number of aromatic nitrogens is 2. The van der Waals surface area contributed by atoms with Gasteiger partial charge < -0.3 is 10.1 Å². The molecule has 0 fully saturated rings. The van der Waals surface area contributed by atoms with Gasteiger partial charge in [-0.15, -0.1) is 11.8 Å². The summed E-state index contributed by atoms with van der Waals surface area (Å²) in [5.74, 6) is 0.0995. The lowest BCUT2D eigenvalue weighted by molar-refractivity contribution is -0.129. The molecule has 0 radical (unpaired) electrons. The largest absolute Gasteiger partial charge is 0.467 e. The summed E-state index contributed by atoms with van der Waals surface area (Å²) < 4.78 is 8.93. The molecule has 24 heavy (non-hydrogen) atoms. The summed E-state index contributed by atoms with van der Waals surface area (Å²) in [5.41, 5.74) is 2.02. The fourth-order valence-corrected chi connectivity index (χ4v) is 3.76. The maximum atomic E-state index is 10.4. The zero-order chi connectivity index (χ0) is 17.7. The van der Waals surface area contributed by atoms with Gasteiger partial charge in [-0.25, -0.2) is 0 Å². The van der Waals surface area contributed by atoms with Crippen LogP contribution in [0.3, 0.4) is 0 Å². The third-order valence-electron chi connectivity index (χ3n) is 3.05. The number of thioether (sulfide) groups is 1. The van der Waals surface area contributed by atoms with E-state index in [9.17, 15) is 4.79 Å². The van der Waals surface area contributed by atoms with Crippen molar-refractivity contribution in [1.29, 1.82) is 0 Å². The monoisotopic (exact) mass is 385 g/mol. The lowest BCUT2D eigenvalue weighted by Gasteiger charge is -2.21. The second-order valence-electron chi connectivity index (χ2n) is 6.29. The van der Waals surface area contributed by atoms with Crippen LogP contribution in [0.4, 0.5) is 10.8 Å². The first kappa shape index (κ1) is 19.0. The van der Waals surface area contributed by atoms with E-state index in [2.05, 4.69) is 53.6 Å². The van der Waals surface area contributed by atoms with Crippen molar-refractivity contribution in [2.45, 2.75) is 43.3 Å². The Balaban J connectivity index is 2.31. The van der Waals surface area contributed by atoms with Gasteiger partial charge >= 0.3 is 0 Å². The van der Waals surface area contributed by atoms with Crippen LogP contribution in [0.1, 0.15) is 39.2 Å². The van der Waals surface area contributed by atoms with E-state index in [4.69, 9.17) is 16.3 Å². The average Bonchev–Trinajstić information content (AvgIpc) is 2.90. The van der Waals surface area contributed by atoms with Crippen LogP contribution in [0.2, 0.25) is 5.28 Å². The maximum absolute atomic E-state index is 10.4. The van der Waals surface area contributed by atoms with Crippen LogP contribution in [0.5, 0.6) is 0 Å². The molecule has 0 amide bonds. The highest BCUT2D eigenvalue weighted by atomic mass is 35.5. The summed E-state index contributed by atoms with van der Waals surface area (Å²) in [4.78, 5) is 15.7. The number of carbonyl (C=O) groups is 1. The number of hydrogen-bond donors (Lipinski definition) is 1. The lowest BCUT2D eigenvalue weighted by atomic mass is 10.0. The van der Waals surface area contributed by atoms with Crippen molar-refractivity contribution < 1.29 is 9.53 Å². The van der Waals surface area contributed by atoms with Crippen molar-refractivity contribution in [3.8, 4) is 0 Å². The number of rotatable bonds is 7. The fourth-order valence-electron chi connectivity index (χ4n) is 2.02. The van der Waals surface area contributed by atoms with Gasteiger partial charge in [-0.1, -0.05) is 33.8 Å². The van der Waals surface area contributed by atoms with Gasteiger partial charge in [0.05, 0.1) is 12.3 Å². The number of hydrogen-bond acceptors (Lipinski definition) is 7. The molecule has 1 atom stereocenters. The predicted octanol–water partition coefficient (Wildman–Crippen LogP) is 5.10. The van der Waals surface area contributed by atoms with Crippen molar-refractivity contribution in [1.82, 2.24) is 9.36 Å². The molecule has 130 valence electrons. The summed E-state index contributed by atoms with van der Waals surface area (Å²) in [7, 11) is 0. The molecule has 0 spiro atoms. The highest BCUT2D eigenvalue weighted by molar-refractivity contribution is 8.00. The minimum atomic E-state index is 0.0724. The molecular formula is C16H20ClN3O2S2. The van der Waals surface area contributed by atoms with E-state index in [0.29, 0.717) is 18.2 Å². The van der Waals surface area contributed by atoms with Gasteiger partial charge in [0, 0.05) is 27.1 Å². The van der Waals surface area contributed by atoms with Gasteiger partial charge in [-0.05, 0) is 29.3 Å². The Morgan fingerprint density at radius 1 is 1.46 bits per heavy atom.